The van der Waals surface area contributed by atoms with Crippen molar-refractivity contribution in [3.63, 3.8) is 0 Å². The average molecular weight is 443 g/mol. The maximum absolute atomic E-state index is 14.0. The molecule has 3 aromatic rings. The molecule has 2 aromatic carbocycles. The number of thioether (sulfide) groups is 1. The number of halogens is 2. The van der Waals surface area contributed by atoms with E-state index >= 15 is 0 Å². The van der Waals surface area contributed by atoms with Gasteiger partial charge in [0.15, 0.2) is 16.8 Å². The van der Waals surface area contributed by atoms with Gasteiger partial charge in [0.05, 0.1) is 17.4 Å². The lowest BCUT2D eigenvalue weighted by Gasteiger charge is -2.31. The highest BCUT2D eigenvalue weighted by molar-refractivity contribution is 7.99. The normalized spacial score (nSPS) is 15.7. The van der Waals surface area contributed by atoms with E-state index in [0.29, 0.717) is 5.16 Å². The summed E-state index contributed by atoms with van der Waals surface area (Å²) in [7, 11) is 0. The highest BCUT2D eigenvalue weighted by Gasteiger charge is 2.26. The summed E-state index contributed by atoms with van der Waals surface area (Å²) >= 11 is 1.20. The van der Waals surface area contributed by atoms with Crippen LogP contribution in [-0.2, 0) is 0 Å². The van der Waals surface area contributed by atoms with E-state index in [1.807, 2.05) is 4.57 Å². The molecule has 1 fully saturated rings. The Morgan fingerprint density at radius 3 is 2.45 bits per heavy atom. The van der Waals surface area contributed by atoms with Gasteiger partial charge in [0.1, 0.15) is 11.6 Å². The third-order valence-corrected chi connectivity index (χ3v) is 6.49. The lowest BCUT2D eigenvalue weighted by Crippen LogP contribution is -2.33. The molecule has 162 valence electrons. The van der Waals surface area contributed by atoms with Crippen molar-refractivity contribution in [2.75, 3.05) is 18.8 Å². The fourth-order valence-corrected chi connectivity index (χ4v) is 4.68. The number of piperidine rings is 1. The van der Waals surface area contributed by atoms with E-state index in [9.17, 15) is 13.6 Å². The Labute approximate surface area is 184 Å². The second-order valence-electron chi connectivity index (χ2n) is 7.62. The number of nitrogens with zero attached hydrogens (tertiary/aromatic N) is 4. The zero-order valence-corrected chi connectivity index (χ0v) is 18.1. The Hall–Kier alpha value is -2.58. The lowest BCUT2D eigenvalue weighted by molar-refractivity contribution is 0.101. The molecule has 0 N–H and O–H groups in total. The standard InChI is InChI=1S/C23H24F2N4OS/c1-16(28-13-5-2-6-14-28)22-26-27-23(29(22)18-11-9-17(24)10-12-18)31-15-21(30)19-7-3-4-8-20(19)25/h3-4,7-12,16H,2,5-6,13-15H2,1H3/t16-/m0/s1. The van der Waals surface area contributed by atoms with Gasteiger partial charge in [-0.05, 0) is 69.3 Å². The molecule has 4 rings (SSSR count). The molecule has 0 bridgehead atoms. The molecule has 2 heterocycles. The molecule has 0 saturated carbocycles. The van der Waals surface area contributed by atoms with Gasteiger partial charge in [0.25, 0.3) is 0 Å². The molecule has 1 aliphatic rings. The van der Waals surface area contributed by atoms with Crippen molar-refractivity contribution in [2.24, 2.45) is 0 Å². The molecule has 31 heavy (non-hydrogen) atoms. The van der Waals surface area contributed by atoms with E-state index in [4.69, 9.17) is 0 Å². The van der Waals surface area contributed by atoms with Crippen LogP contribution in [0.2, 0.25) is 0 Å². The van der Waals surface area contributed by atoms with Crippen molar-refractivity contribution in [2.45, 2.75) is 37.4 Å². The van der Waals surface area contributed by atoms with Gasteiger partial charge < -0.3 is 0 Å². The Morgan fingerprint density at radius 2 is 1.74 bits per heavy atom. The number of aromatic nitrogens is 3. The largest absolute Gasteiger partial charge is 0.294 e. The molecule has 0 radical (unpaired) electrons. The van der Waals surface area contributed by atoms with Crippen LogP contribution in [0.5, 0.6) is 0 Å². The Bertz CT molecular complexity index is 1050. The zero-order valence-electron chi connectivity index (χ0n) is 17.3. The van der Waals surface area contributed by atoms with Crippen LogP contribution in [0.4, 0.5) is 8.78 Å². The third kappa shape index (κ3) is 4.85. The summed E-state index contributed by atoms with van der Waals surface area (Å²) in [6, 6.07) is 12.1. The minimum atomic E-state index is -0.535. The van der Waals surface area contributed by atoms with Crippen LogP contribution in [0.1, 0.15) is 48.4 Å². The summed E-state index contributed by atoms with van der Waals surface area (Å²) in [6.07, 6.45) is 3.52. The van der Waals surface area contributed by atoms with E-state index in [-0.39, 0.29) is 29.0 Å². The Morgan fingerprint density at radius 1 is 1.03 bits per heavy atom. The number of benzene rings is 2. The molecule has 0 amide bonds. The van der Waals surface area contributed by atoms with Crippen LogP contribution in [0.15, 0.2) is 53.7 Å². The van der Waals surface area contributed by atoms with Gasteiger partial charge in [-0.3, -0.25) is 14.3 Å². The zero-order chi connectivity index (χ0) is 21.8. The maximum atomic E-state index is 14.0. The fourth-order valence-electron chi connectivity index (χ4n) is 3.84. The minimum Gasteiger partial charge on any atom is -0.294 e. The Balaban J connectivity index is 1.62. The first-order valence-corrected chi connectivity index (χ1v) is 11.4. The predicted molar refractivity (Wildman–Crippen MR) is 117 cm³/mol. The number of carbonyl (C=O) groups is 1. The van der Waals surface area contributed by atoms with Gasteiger partial charge in [-0.1, -0.05) is 30.3 Å². The molecular formula is C23H24F2N4OS. The summed E-state index contributed by atoms with van der Waals surface area (Å²) in [5.74, 6) is -0.408. The monoisotopic (exact) mass is 442 g/mol. The number of Topliss-reactive ketones (excluding diaryl/α,β-unsaturated/α-hetero) is 1. The summed E-state index contributed by atoms with van der Waals surface area (Å²) in [4.78, 5) is 14.9. The molecule has 5 nitrogen and oxygen atoms in total. The van der Waals surface area contributed by atoms with Crippen LogP contribution < -0.4 is 0 Å². The first kappa shape index (κ1) is 21.6. The quantitative estimate of drug-likeness (QED) is 0.378. The first-order valence-electron chi connectivity index (χ1n) is 10.4. The second-order valence-corrected chi connectivity index (χ2v) is 8.56. The van der Waals surface area contributed by atoms with Gasteiger partial charge >= 0.3 is 0 Å². The molecule has 1 saturated heterocycles. The van der Waals surface area contributed by atoms with E-state index in [2.05, 4.69) is 22.0 Å². The molecule has 1 atom stereocenters. The van der Waals surface area contributed by atoms with Crippen LogP contribution in [0.25, 0.3) is 5.69 Å². The van der Waals surface area contributed by atoms with Crippen LogP contribution in [-0.4, -0.2) is 44.3 Å². The SMILES string of the molecule is C[C@@H](c1nnc(SCC(=O)c2ccccc2F)n1-c1ccc(F)cc1)N1CCCCC1. The van der Waals surface area contributed by atoms with Crippen molar-refractivity contribution < 1.29 is 13.6 Å². The smallest absolute Gasteiger partial charge is 0.196 e. The van der Waals surface area contributed by atoms with E-state index < -0.39 is 5.82 Å². The molecule has 8 heteroatoms. The van der Waals surface area contributed by atoms with Gasteiger partial charge in [0.2, 0.25) is 0 Å². The van der Waals surface area contributed by atoms with Crippen LogP contribution in [0.3, 0.4) is 0 Å². The van der Waals surface area contributed by atoms with Crippen LogP contribution >= 0.6 is 11.8 Å². The van der Waals surface area contributed by atoms with Gasteiger partial charge in [-0.2, -0.15) is 0 Å². The second kappa shape index (κ2) is 9.70. The number of carbonyl (C=O) groups excluding carboxylic acids is 1. The molecule has 0 unspecified atom stereocenters. The summed E-state index contributed by atoms with van der Waals surface area (Å²) in [6.45, 7) is 4.08. The minimum absolute atomic E-state index is 0.0227. The lowest BCUT2D eigenvalue weighted by atomic mass is 10.1. The third-order valence-electron chi connectivity index (χ3n) is 5.56. The number of hydrogen-bond donors (Lipinski definition) is 0. The summed E-state index contributed by atoms with van der Waals surface area (Å²) < 4.78 is 29.4. The van der Waals surface area contributed by atoms with Gasteiger partial charge in [-0.15, -0.1) is 10.2 Å². The van der Waals surface area contributed by atoms with Crippen molar-refractivity contribution in [1.82, 2.24) is 19.7 Å². The first-order chi connectivity index (χ1) is 15.0. The topological polar surface area (TPSA) is 51.0 Å². The number of ketones is 1. The molecule has 0 spiro atoms. The van der Waals surface area contributed by atoms with Crippen LogP contribution in [0, 0.1) is 11.6 Å². The van der Waals surface area contributed by atoms with E-state index in [1.165, 1.54) is 42.4 Å². The summed E-state index contributed by atoms with van der Waals surface area (Å²) in [5, 5.41) is 9.28. The summed E-state index contributed by atoms with van der Waals surface area (Å²) in [5.41, 5.74) is 0.788. The number of rotatable bonds is 7. The number of hydrogen-bond acceptors (Lipinski definition) is 5. The molecule has 0 aliphatic carbocycles. The highest BCUT2D eigenvalue weighted by atomic mass is 32.2. The van der Waals surface area contributed by atoms with Gasteiger partial charge in [-0.25, -0.2) is 8.78 Å². The van der Waals surface area contributed by atoms with E-state index in [1.54, 1.807) is 24.3 Å². The highest BCUT2D eigenvalue weighted by Crippen LogP contribution is 2.30. The fraction of sp³-hybridized carbons (Fsp3) is 0.348. The maximum Gasteiger partial charge on any atom is 0.196 e. The van der Waals surface area contributed by atoms with Crippen molar-refractivity contribution in [1.29, 1.82) is 0 Å². The van der Waals surface area contributed by atoms with E-state index in [0.717, 1.165) is 37.4 Å². The van der Waals surface area contributed by atoms with Gasteiger partial charge in [0, 0.05) is 5.69 Å². The average Bonchev–Trinajstić information content (AvgIpc) is 3.22. The van der Waals surface area contributed by atoms with Crippen molar-refractivity contribution in [3.8, 4) is 5.69 Å². The molecule has 1 aliphatic heterocycles. The number of likely N-dealkylation sites (tertiary alicyclic amines) is 1. The Kier molecular flexibility index (Phi) is 6.77. The van der Waals surface area contributed by atoms with Crippen molar-refractivity contribution in [3.05, 3.63) is 71.6 Å². The molecule has 1 aromatic heterocycles. The van der Waals surface area contributed by atoms with Crippen molar-refractivity contribution >= 4 is 17.5 Å². The predicted octanol–water partition coefficient (Wildman–Crippen LogP) is 5.07. The molecular weight excluding hydrogens is 418 g/mol.